The van der Waals surface area contributed by atoms with E-state index in [0.29, 0.717) is 22.5 Å². The molecule has 0 aromatic heterocycles. The fourth-order valence-electron chi connectivity index (χ4n) is 3.26. The number of nitro groups is 2. The first-order chi connectivity index (χ1) is 15.6. The molecule has 0 saturated heterocycles. The van der Waals surface area contributed by atoms with E-state index in [1.165, 1.54) is 36.4 Å². The van der Waals surface area contributed by atoms with Gasteiger partial charge in [-0.1, -0.05) is 6.07 Å². The Balaban J connectivity index is 1.85. The molecule has 10 heteroatoms. The molecular formula is C23H20N4O6. The second kappa shape index (κ2) is 9.27. The fraction of sp³-hybridized carbons (Fsp3) is 0.130. The van der Waals surface area contributed by atoms with E-state index in [4.69, 9.17) is 0 Å². The van der Waals surface area contributed by atoms with Gasteiger partial charge in [0.2, 0.25) is 0 Å². The molecule has 0 fully saturated rings. The van der Waals surface area contributed by atoms with Crippen LogP contribution in [-0.4, -0.2) is 21.7 Å². The van der Waals surface area contributed by atoms with Crippen molar-refractivity contribution >= 4 is 34.6 Å². The van der Waals surface area contributed by atoms with E-state index in [1.807, 2.05) is 6.92 Å². The maximum absolute atomic E-state index is 12.8. The highest BCUT2D eigenvalue weighted by atomic mass is 16.6. The highest BCUT2D eigenvalue weighted by Crippen LogP contribution is 2.26. The summed E-state index contributed by atoms with van der Waals surface area (Å²) in [7, 11) is 0. The van der Waals surface area contributed by atoms with E-state index >= 15 is 0 Å². The first kappa shape index (κ1) is 23.1. The van der Waals surface area contributed by atoms with Gasteiger partial charge in [0.25, 0.3) is 23.2 Å². The molecule has 0 heterocycles. The van der Waals surface area contributed by atoms with Crippen molar-refractivity contribution in [1.29, 1.82) is 0 Å². The number of amides is 2. The van der Waals surface area contributed by atoms with E-state index in [0.717, 1.165) is 5.56 Å². The summed E-state index contributed by atoms with van der Waals surface area (Å²) in [5.41, 5.74) is 2.45. The summed E-state index contributed by atoms with van der Waals surface area (Å²) >= 11 is 0. The summed E-state index contributed by atoms with van der Waals surface area (Å²) in [6.45, 7) is 4.90. The lowest BCUT2D eigenvalue weighted by molar-refractivity contribution is -0.385. The molecule has 2 N–H and O–H groups in total. The fourth-order valence-corrected chi connectivity index (χ4v) is 3.26. The topological polar surface area (TPSA) is 144 Å². The predicted octanol–water partition coefficient (Wildman–Crippen LogP) is 4.93. The minimum atomic E-state index is -0.523. The van der Waals surface area contributed by atoms with E-state index in [1.54, 1.807) is 32.0 Å². The number of nitrogens with one attached hydrogen (secondary N) is 2. The van der Waals surface area contributed by atoms with Crippen LogP contribution in [0.3, 0.4) is 0 Å². The number of anilines is 2. The number of carbonyl (C=O) groups excluding carboxylic acids is 2. The molecule has 33 heavy (non-hydrogen) atoms. The Kier molecular flexibility index (Phi) is 6.48. The smallest absolute Gasteiger partial charge is 0.272 e. The number of carbonyl (C=O) groups is 2. The van der Waals surface area contributed by atoms with Crippen molar-refractivity contribution in [1.82, 2.24) is 0 Å². The SMILES string of the molecule is Cc1ccc(NC(=O)c2ccc([N+](=O)[O-])c(C)c2)c(NC(=O)c2ccc([N+](=O)[O-])c(C)c2)c1. The molecule has 3 aromatic rings. The van der Waals surface area contributed by atoms with Crippen LogP contribution >= 0.6 is 0 Å². The van der Waals surface area contributed by atoms with Crippen LogP contribution in [0.4, 0.5) is 22.7 Å². The van der Waals surface area contributed by atoms with Gasteiger partial charge in [-0.15, -0.1) is 0 Å². The van der Waals surface area contributed by atoms with Gasteiger partial charge in [-0.2, -0.15) is 0 Å². The Labute approximate surface area is 188 Å². The van der Waals surface area contributed by atoms with Gasteiger partial charge in [0.15, 0.2) is 0 Å². The van der Waals surface area contributed by atoms with Crippen LogP contribution in [0.25, 0.3) is 0 Å². The van der Waals surface area contributed by atoms with Crippen molar-refractivity contribution in [3.8, 4) is 0 Å². The van der Waals surface area contributed by atoms with Crippen molar-refractivity contribution in [2.75, 3.05) is 10.6 Å². The minimum absolute atomic E-state index is 0.0894. The van der Waals surface area contributed by atoms with Gasteiger partial charge in [0, 0.05) is 34.4 Å². The number of aryl methyl sites for hydroxylation is 3. The molecule has 10 nitrogen and oxygen atoms in total. The molecule has 2 amide bonds. The third-order valence-corrected chi connectivity index (χ3v) is 4.98. The predicted molar refractivity (Wildman–Crippen MR) is 123 cm³/mol. The van der Waals surface area contributed by atoms with Crippen molar-refractivity contribution in [3.63, 3.8) is 0 Å². The van der Waals surface area contributed by atoms with E-state index < -0.39 is 21.7 Å². The van der Waals surface area contributed by atoms with Crippen LogP contribution < -0.4 is 10.6 Å². The van der Waals surface area contributed by atoms with Crippen molar-refractivity contribution in [2.45, 2.75) is 20.8 Å². The van der Waals surface area contributed by atoms with Crippen molar-refractivity contribution < 1.29 is 19.4 Å². The maximum Gasteiger partial charge on any atom is 0.272 e. The molecule has 0 aliphatic rings. The van der Waals surface area contributed by atoms with Crippen molar-refractivity contribution in [2.24, 2.45) is 0 Å². The molecule has 0 radical (unpaired) electrons. The lowest BCUT2D eigenvalue weighted by atomic mass is 10.1. The molecule has 0 saturated carbocycles. The van der Waals surface area contributed by atoms with Crippen LogP contribution in [0.5, 0.6) is 0 Å². The Morgan fingerprint density at radius 3 is 1.55 bits per heavy atom. The van der Waals surface area contributed by atoms with Gasteiger partial charge in [-0.25, -0.2) is 0 Å². The highest BCUT2D eigenvalue weighted by molar-refractivity contribution is 6.10. The molecule has 0 spiro atoms. The zero-order valence-electron chi connectivity index (χ0n) is 18.0. The van der Waals surface area contributed by atoms with Gasteiger partial charge in [-0.05, 0) is 62.7 Å². The number of nitrogens with zero attached hydrogens (tertiary/aromatic N) is 2. The largest absolute Gasteiger partial charge is 0.320 e. The maximum atomic E-state index is 12.8. The van der Waals surface area contributed by atoms with Gasteiger partial charge >= 0.3 is 0 Å². The number of rotatable bonds is 6. The first-order valence-electron chi connectivity index (χ1n) is 9.80. The molecule has 0 unspecified atom stereocenters. The first-order valence-corrected chi connectivity index (χ1v) is 9.80. The highest BCUT2D eigenvalue weighted by Gasteiger charge is 2.17. The van der Waals surface area contributed by atoms with Gasteiger partial charge in [-0.3, -0.25) is 29.8 Å². The Morgan fingerprint density at radius 2 is 1.12 bits per heavy atom. The summed E-state index contributed by atoms with van der Waals surface area (Å²) in [4.78, 5) is 46.4. The van der Waals surface area contributed by atoms with Crippen LogP contribution in [0.2, 0.25) is 0 Å². The summed E-state index contributed by atoms with van der Waals surface area (Å²) < 4.78 is 0. The zero-order chi connectivity index (χ0) is 24.3. The zero-order valence-corrected chi connectivity index (χ0v) is 18.0. The van der Waals surface area contributed by atoms with Crippen LogP contribution in [0.15, 0.2) is 54.6 Å². The molecule has 3 aromatic carbocycles. The molecule has 0 aliphatic carbocycles. The van der Waals surface area contributed by atoms with Crippen LogP contribution in [0, 0.1) is 41.0 Å². The second-order valence-corrected chi connectivity index (χ2v) is 7.47. The Hall–Kier alpha value is -4.60. The second-order valence-electron chi connectivity index (χ2n) is 7.47. The molecule has 0 bridgehead atoms. The lowest BCUT2D eigenvalue weighted by Gasteiger charge is -2.14. The number of hydrogen-bond acceptors (Lipinski definition) is 6. The van der Waals surface area contributed by atoms with Gasteiger partial charge < -0.3 is 10.6 Å². The van der Waals surface area contributed by atoms with Gasteiger partial charge in [0.05, 0.1) is 21.2 Å². The summed E-state index contributed by atoms with van der Waals surface area (Å²) in [6, 6.07) is 13.1. The average molecular weight is 448 g/mol. The monoisotopic (exact) mass is 448 g/mol. The lowest BCUT2D eigenvalue weighted by Crippen LogP contribution is -2.17. The van der Waals surface area contributed by atoms with Crippen molar-refractivity contribution in [3.05, 3.63) is 103 Å². The summed E-state index contributed by atoms with van der Waals surface area (Å²) in [5.74, 6) is -1.00. The third kappa shape index (κ3) is 5.18. The Bertz CT molecular complexity index is 1300. The van der Waals surface area contributed by atoms with E-state index in [9.17, 15) is 29.8 Å². The van der Waals surface area contributed by atoms with Crippen LogP contribution in [0.1, 0.15) is 37.4 Å². The third-order valence-electron chi connectivity index (χ3n) is 4.98. The summed E-state index contributed by atoms with van der Waals surface area (Å²) in [6.07, 6.45) is 0. The summed E-state index contributed by atoms with van der Waals surface area (Å²) in [5, 5.41) is 27.4. The Morgan fingerprint density at radius 1 is 0.667 bits per heavy atom. The minimum Gasteiger partial charge on any atom is -0.320 e. The van der Waals surface area contributed by atoms with Gasteiger partial charge in [0.1, 0.15) is 0 Å². The number of benzene rings is 3. The number of nitro benzene ring substituents is 2. The standard InChI is InChI=1S/C23H20N4O6/c1-13-4-7-18(24-22(28)16-5-8-20(26(30)31)14(2)11-16)19(10-13)25-23(29)17-6-9-21(27(32)33)15(3)12-17/h4-12H,1-3H3,(H,24,28)(H,25,29). The average Bonchev–Trinajstić information content (AvgIpc) is 2.74. The molecule has 168 valence electrons. The van der Waals surface area contributed by atoms with Crippen LogP contribution in [-0.2, 0) is 0 Å². The number of hydrogen-bond donors (Lipinski definition) is 2. The van der Waals surface area contributed by atoms with E-state index in [2.05, 4.69) is 10.6 Å². The molecule has 0 aliphatic heterocycles. The van der Waals surface area contributed by atoms with E-state index in [-0.39, 0.29) is 22.5 Å². The quantitative estimate of drug-likeness (QED) is 0.404. The molecule has 0 atom stereocenters. The molecular weight excluding hydrogens is 428 g/mol. The molecule has 3 rings (SSSR count). The normalized spacial score (nSPS) is 10.4.